The van der Waals surface area contributed by atoms with E-state index in [4.69, 9.17) is 4.52 Å². The molecule has 2 rings (SSSR count). The van der Waals surface area contributed by atoms with Crippen LogP contribution in [0, 0.1) is 0 Å². The molecule has 0 aliphatic rings. The molecule has 1 N–H and O–H groups in total. The summed E-state index contributed by atoms with van der Waals surface area (Å²) < 4.78 is 9.44. The van der Waals surface area contributed by atoms with Gasteiger partial charge in [0.05, 0.1) is 13.5 Å². The minimum atomic E-state index is -0.395. The van der Waals surface area contributed by atoms with Crippen LogP contribution in [0.25, 0.3) is 11.0 Å². The van der Waals surface area contributed by atoms with Gasteiger partial charge in [0.2, 0.25) is 5.58 Å². The number of phenols is 1. The first kappa shape index (κ1) is 9.51. The number of nitrogens with zero attached hydrogens (tertiary/aromatic N) is 1. The number of hydrogen-bond donors (Lipinski definition) is 1. The Kier molecular flexibility index (Phi) is 2.29. The van der Waals surface area contributed by atoms with Crippen LogP contribution in [-0.4, -0.2) is 23.3 Å². The Balaban J connectivity index is 2.45. The third kappa shape index (κ3) is 1.63. The maximum atomic E-state index is 11.0. The number of aromatic nitrogens is 1. The van der Waals surface area contributed by atoms with E-state index in [0.717, 1.165) is 0 Å². The average Bonchev–Trinajstić information content (AvgIpc) is 2.63. The SMILES string of the molecule is COC(=O)Cc1noc2c(O)cccc12. The van der Waals surface area contributed by atoms with E-state index in [2.05, 4.69) is 9.89 Å². The Bertz CT molecular complexity index is 503. The molecule has 0 spiro atoms. The smallest absolute Gasteiger partial charge is 0.311 e. The average molecular weight is 207 g/mol. The van der Waals surface area contributed by atoms with Crippen LogP contribution in [0.4, 0.5) is 0 Å². The number of para-hydroxylation sites is 1. The summed E-state index contributed by atoms with van der Waals surface area (Å²) in [5, 5.41) is 13.8. The summed E-state index contributed by atoms with van der Waals surface area (Å²) in [6, 6.07) is 4.88. The molecular formula is C10H9NO4. The van der Waals surface area contributed by atoms with E-state index < -0.39 is 5.97 Å². The van der Waals surface area contributed by atoms with Gasteiger partial charge in [0.1, 0.15) is 5.69 Å². The fourth-order valence-corrected chi connectivity index (χ4v) is 1.33. The summed E-state index contributed by atoms with van der Waals surface area (Å²) in [4.78, 5) is 11.0. The lowest BCUT2D eigenvalue weighted by atomic mass is 10.1. The van der Waals surface area contributed by atoms with Crippen molar-refractivity contribution in [3.63, 3.8) is 0 Å². The Hall–Kier alpha value is -2.04. The van der Waals surface area contributed by atoms with Crippen LogP contribution in [0.5, 0.6) is 5.75 Å². The van der Waals surface area contributed by atoms with Crippen LogP contribution >= 0.6 is 0 Å². The number of hydrogen-bond acceptors (Lipinski definition) is 5. The molecule has 0 atom stereocenters. The van der Waals surface area contributed by atoms with Gasteiger partial charge < -0.3 is 14.4 Å². The zero-order chi connectivity index (χ0) is 10.8. The molecule has 1 aromatic heterocycles. The number of fused-ring (bicyclic) bond motifs is 1. The van der Waals surface area contributed by atoms with Crippen molar-refractivity contribution in [1.82, 2.24) is 5.16 Å². The van der Waals surface area contributed by atoms with Crippen molar-refractivity contribution >= 4 is 16.9 Å². The second kappa shape index (κ2) is 3.61. The monoisotopic (exact) mass is 207 g/mol. The third-order valence-electron chi connectivity index (χ3n) is 2.09. The fourth-order valence-electron chi connectivity index (χ4n) is 1.33. The molecule has 0 fully saturated rings. The zero-order valence-corrected chi connectivity index (χ0v) is 8.06. The predicted octanol–water partition coefficient (Wildman–Crippen LogP) is 1.25. The summed E-state index contributed by atoms with van der Waals surface area (Å²) in [6.45, 7) is 0. The summed E-state index contributed by atoms with van der Waals surface area (Å²) in [7, 11) is 1.31. The summed E-state index contributed by atoms with van der Waals surface area (Å²) in [5.74, 6) is -0.385. The molecule has 0 aliphatic carbocycles. The van der Waals surface area contributed by atoms with Gasteiger partial charge in [-0.2, -0.15) is 0 Å². The predicted molar refractivity (Wildman–Crippen MR) is 51.4 cm³/mol. The Morgan fingerprint density at radius 3 is 3.13 bits per heavy atom. The molecule has 5 heteroatoms. The summed E-state index contributed by atoms with van der Waals surface area (Å²) in [6.07, 6.45) is 0.0347. The molecule has 2 aromatic rings. The molecule has 0 amide bonds. The number of benzene rings is 1. The van der Waals surface area contributed by atoms with Crippen molar-refractivity contribution in [3.05, 3.63) is 23.9 Å². The largest absolute Gasteiger partial charge is 0.504 e. The highest BCUT2D eigenvalue weighted by atomic mass is 16.5. The quantitative estimate of drug-likeness (QED) is 0.750. The molecule has 0 radical (unpaired) electrons. The lowest BCUT2D eigenvalue weighted by Crippen LogP contribution is -2.04. The topological polar surface area (TPSA) is 72.6 Å². The Morgan fingerprint density at radius 1 is 1.60 bits per heavy atom. The molecule has 5 nitrogen and oxygen atoms in total. The van der Waals surface area contributed by atoms with E-state index in [1.807, 2.05) is 0 Å². The highest BCUT2D eigenvalue weighted by molar-refractivity contribution is 5.87. The maximum Gasteiger partial charge on any atom is 0.311 e. The number of esters is 1. The summed E-state index contributed by atoms with van der Waals surface area (Å²) in [5.41, 5.74) is 0.754. The minimum Gasteiger partial charge on any atom is -0.504 e. The highest BCUT2D eigenvalue weighted by Gasteiger charge is 2.14. The molecule has 1 heterocycles. The van der Waals surface area contributed by atoms with Crippen molar-refractivity contribution in [2.45, 2.75) is 6.42 Å². The van der Waals surface area contributed by atoms with Gasteiger partial charge >= 0.3 is 5.97 Å². The zero-order valence-electron chi connectivity index (χ0n) is 8.06. The van der Waals surface area contributed by atoms with Crippen molar-refractivity contribution in [2.24, 2.45) is 0 Å². The van der Waals surface area contributed by atoms with E-state index in [1.165, 1.54) is 13.2 Å². The van der Waals surface area contributed by atoms with Crippen molar-refractivity contribution < 1.29 is 19.2 Å². The number of methoxy groups -OCH3 is 1. The molecule has 0 bridgehead atoms. The maximum absolute atomic E-state index is 11.0. The molecule has 15 heavy (non-hydrogen) atoms. The van der Waals surface area contributed by atoms with Crippen molar-refractivity contribution in [3.8, 4) is 5.75 Å². The first-order chi connectivity index (χ1) is 7.22. The minimum absolute atomic E-state index is 0.0103. The lowest BCUT2D eigenvalue weighted by molar-refractivity contribution is -0.139. The Labute approximate surface area is 85.2 Å². The molecule has 78 valence electrons. The van der Waals surface area contributed by atoms with E-state index in [1.54, 1.807) is 12.1 Å². The molecule has 0 saturated heterocycles. The van der Waals surface area contributed by atoms with Crippen LogP contribution in [0.15, 0.2) is 22.7 Å². The fraction of sp³-hybridized carbons (Fsp3) is 0.200. The van der Waals surface area contributed by atoms with Gasteiger partial charge in [-0.15, -0.1) is 0 Å². The van der Waals surface area contributed by atoms with E-state index in [-0.39, 0.29) is 17.8 Å². The first-order valence-corrected chi connectivity index (χ1v) is 4.35. The number of aromatic hydroxyl groups is 1. The molecular weight excluding hydrogens is 198 g/mol. The molecule has 0 aliphatic heterocycles. The normalized spacial score (nSPS) is 10.5. The second-order valence-corrected chi connectivity index (χ2v) is 3.04. The Morgan fingerprint density at radius 2 is 2.40 bits per heavy atom. The van der Waals surface area contributed by atoms with Crippen molar-refractivity contribution in [1.29, 1.82) is 0 Å². The number of phenolic OH excluding ortho intramolecular Hbond substituents is 1. The van der Waals surface area contributed by atoms with Gasteiger partial charge in [0, 0.05) is 5.39 Å². The van der Waals surface area contributed by atoms with Gasteiger partial charge in [0.25, 0.3) is 0 Å². The standard InChI is InChI=1S/C10H9NO4/c1-14-9(13)5-7-6-3-2-4-8(12)10(6)15-11-7/h2-4,12H,5H2,1H3. The van der Waals surface area contributed by atoms with Crippen LogP contribution in [0.2, 0.25) is 0 Å². The summed E-state index contributed by atoms with van der Waals surface area (Å²) >= 11 is 0. The number of rotatable bonds is 2. The van der Waals surface area contributed by atoms with E-state index >= 15 is 0 Å². The van der Waals surface area contributed by atoms with Crippen LogP contribution in [0.3, 0.4) is 0 Å². The van der Waals surface area contributed by atoms with Crippen LogP contribution < -0.4 is 0 Å². The van der Waals surface area contributed by atoms with Gasteiger partial charge in [-0.1, -0.05) is 11.2 Å². The lowest BCUT2D eigenvalue weighted by Gasteiger charge is -1.95. The van der Waals surface area contributed by atoms with Gasteiger partial charge in [-0.3, -0.25) is 4.79 Å². The van der Waals surface area contributed by atoms with E-state index in [0.29, 0.717) is 11.1 Å². The number of ether oxygens (including phenoxy) is 1. The number of carbonyl (C=O) groups is 1. The van der Waals surface area contributed by atoms with Gasteiger partial charge in [-0.05, 0) is 12.1 Å². The van der Waals surface area contributed by atoms with Crippen LogP contribution in [0.1, 0.15) is 5.69 Å². The first-order valence-electron chi connectivity index (χ1n) is 4.35. The van der Waals surface area contributed by atoms with Crippen molar-refractivity contribution in [2.75, 3.05) is 7.11 Å². The number of carbonyl (C=O) groups excluding carboxylic acids is 1. The molecule has 1 aromatic carbocycles. The van der Waals surface area contributed by atoms with Crippen LogP contribution in [-0.2, 0) is 16.0 Å². The van der Waals surface area contributed by atoms with E-state index in [9.17, 15) is 9.90 Å². The third-order valence-corrected chi connectivity index (χ3v) is 2.09. The van der Waals surface area contributed by atoms with Gasteiger partial charge in [0.15, 0.2) is 5.75 Å². The second-order valence-electron chi connectivity index (χ2n) is 3.04. The highest BCUT2D eigenvalue weighted by Crippen LogP contribution is 2.26. The molecule has 0 unspecified atom stereocenters. The molecule has 0 saturated carbocycles. The van der Waals surface area contributed by atoms with Gasteiger partial charge in [-0.25, -0.2) is 0 Å².